The lowest BCUT2D eigenvalue weighted by Gasteiger charge is -2.21. The third-order valence-corrected chi connectivity index (χ3v) is 5.27. The summed E-state index contributed by atoms with van der Waals surface area (Å²) in [6.45, 7) is 10.7. The van der Waals surface area contributed by atoms with Crippen LogP contribution in [0.4, 0.5) is 0 Å². The minimum Gasteiger partial charge on any atom is -0.299 e. The molecule has 0 fully saturated rings. The second-order valence-electron chi connectivity index (χ2n) is 7.56. The van der Waals surface area contributed by atoms with Gasteiger partial charge in [0.25, 0.3) is 0 Å². The number of Topliss-reactive ketones (excluding diaryl/α,β-unsaturated/α-hetero) is 1. The molecule has 0 atom stereocenters. The highest BCUT2D eigenvalue weighted by Gasteiger charge is 2.24. The van der Waals surface area contributed by atoms with Crippen molar-refractivity contribution in [2.75, 3.05) is 0 Å². The smallest absolute Gasteiger partial charge is 0.142 e. The molecule has 0 saturated heterocycles. The van der Waals surface area contributed by atoms with Crippen molar-refractivity contribution >= 4 is 5.78 Å². The van der Waals surface area contributed by atoms with Gasteiger partial charge in [-0.15, -0.1) is 0 Å². The Morgan fingerprint density at radius 3 is 1.91 bits per heavy atom. The Bertz CT molecular complexity index is 447. The first-order chi connectivity index (χ1) is 10.9. The van der Waals surface area contributed by atoms with E-state index in [1.807, 2.05) is 0 Å². The molecule has 23 heavy (non-hydrogen) atoms. The molecule has 0 aliphatic heterocycles. The van der Waals surface area contributed by atoms with Gasteiger partial charge < -0.3 is 0 Å². The predicted octanol–water partition coefficient (Wildman–Crippen LogP) is 6.70. The van der Waals surface area contributed by atoms with Crippen molar-refractivity contribution < 1.29 is 4.79 Å². The van der Waals surface area contributed by atoms with E-state index in [2.05, 4.69) is 58.9 Å². The Hall–Kier alpha value is -1.11. The molecule has 0 saturated carbocycles. The standard InChI is InChI=1S/C22H36O/c1-6-9-11-19(12-10-7-2)20-15-13-18(14-16-20)17-21(23)22(4,5)8-3/h13-16,19H,6-12,17H2,1-5H3. The molecule has 0 bridgehead atoms. The van der Waals surface area contributed by atoms with Gasteiger partial charge in [0.15, 0.2) is 0 Å². The Morgan fingerprint density at radius 1 is 0.957 bits per heavy atom. The minimum atomic E-state index is -0.205. The zero-order valence-electron chi connectivity index (χ0n) is 16.0. The highest BCUT2D eigenvalue weighted by Crippen LogP contribution is 2.29. The second-order valence-corrected chi connectivity index (χ2v) is 7.56. The molecular formula is C22H36O. The Labute approximate surface area is 143 Å². The molecule has 0 spiro atoms. The van der Waals surface area contributed by atoms with E-state index >= 15 is 0 Å². The van der Waals surface area contributed by atoms with E-state index in [9.17, 15) is 4.79 Å². The summed E-state index contributed by atoms with van der Waals surface area (Å²) in [6.07, 6.45) is 9.19. The topological polar surface area (TPSA) is 17.1 Å². The van der Waals surface area contributed by atoms with E-state index in [0.29, 0.717) is 18.1 Å². The van der Waals surface area contributed by atoms with Gasteiger partial charge in [-0.25, -0.2) is 0 Å². The van der Waals surface area contributed by atoms with Crippen LogP contribution in [0.2, 0.25) is 0 Å². The van der Waals surface area contributed by atoms with E-state index < -0.39 is 0 Å². The van der Waals surface area contributed by atoms with Crippen LogP contribution in [0.5, 0.6) is 0 Å². The predicted molar refractivity (Wildman–Crippen MR) is 101 cm³/mol. The number of carbonyl (C=O) groups is 1. The highest BCUT2D eigenvalue weighted by atomic mass is 16.1. The van der Waals surface area contributed by atoms with E-state index in [1.54, 1.807) is 0 Å². The molecular weight excluding hydrogens is 280 g/mol. The van der Waals surface area contributed by atoms with Crippen LogP contribution in [0.25, 0.3) is 0 Å². The molecule has 0 aliphatic carbocycles. The van der Waals surface area contributed by atoms with Gasteiger partial charge in [-0.05, 0) is 36.3 Å². The first-order valence-corrected chi connectivity index (χ1v) is 9.56. The van der Waals surface area contributed by atoms with Gasteiger partial charge in [0.1, 0.15) is 5.78 Å². The molecule has 0 aliphatic rings. The summed E-state index contributed by atoms with van der Waals surface area (Å²) >= 11 is 0. The summed E-state index contributed by atoms with van der Waals surface area (Å²) in [5, 5.41) is 0. The molecule has 130 valence electrons. The number of rotatable bonds is 11. The average Bonchev–Trinajstić information content (AvgIpc) is 2.56. The summed E-state index contributed by atoms with van der Waals surface area (Å²) in [7, 11) is 0. The van der Waals surface area contributed by atoms with E-state index in [4.69, 9.17) is 0 Å². The van der Waals surface area contributed by atoms with Crippen LogP contribution in [-0.2, 0) is 11.2 Å². The molecule has 0 heterocycles. The van der Waals surface area contributed by atoms with Crippen molar-refractivity contribution in [3.05, 3.63) is 35.4 Å². The number of hydrogen-bond acceptors (Lipinski definition) is 1. The van der Waals surface area contributed by atoms with E-state index in [1.165, 1.54) is 44.1 Å². The first kappa shape index (κ1) is 19.9. The van der Waals surface area contributed by atoms with Crippen LogP contribution >= 0.6 is 0 Å². The van der Waals surface area contributed by atoms with Crippen LogP contribution < -0.4 is 0 Å². The van der Waals surface area contributed by atoms with Crippen molar-refractivity contribution in [1.82, 2.24) is 0 Å². The monoisotopic (exact) mass is 316 g/mol. The maximum Gasteiger partial charge on any atom is 0.142 e. The molecule has 0 amide bonds. The minimum absolute atomic E-state index is 0.205. The van der Waals surface area contributed by atoms with E-state index in [0.717, 1.165) is 12.0 Å². The van der Waals surface area contributed by atoms with Crippen molar-refractivity contribution in [1.29, 1.82) is 0 Å². The van der Waals surface area contributed by atoms with Gasteiger partial charge in [-0.3, -0.25) is 4.79 Å². The third-order valence-electron chi connectivity index (χ3n) is 5.27. The highest BCUT2D eigenvalue weighted by molar-refractivity contribution is 5.86. The van der Waals surface area contributed by atoms with Crippen LogP contribution in [0.3, 0.4) is 0 Å². The number of ketones is 1. The summed E-state index contributed by atoms with van der Waals surface area (Å²) in [6, 6.07) is 8.86. The number of carbonyl (C=O) groups excluding carboxylic acids is 1. The Kier molecular flexibility index (Phi) is 8.58. The van der Waals surface area contributed by atoms with Gasteiger partial charge in [0.2, 0.25) is 0 Å². The van der Waals surface area contributed by atoms with Gasteiger partial charge in [0, 0.05) is 11.8 Å². The number of unbranched alkanes of at least 4 members (excludes halogenated alkanes) is 2. The summed E-state index contributed by atoms with van der Waals surface area (Å²) in [5.74, 6) is 1.04. The molecule has 1 aromatic carbocycles. The van der Waals surface area contributed by atoms with Crippen LogP contribution in [-0.4, -0.2) is 5.78 Å². The zero-order chi connectivity index (χ0) is 17.3. The van der Waals surface area contributed by atoms with Crippen LogP contribution in [0.15, 0.2) is 24.3 Å². The first-order valence-electron chi connectivity index (χ1n) is 9.56. The van der Waals surface area contributed by atoms with Crippen molar-refractivity contribution in [2.45, 2.75) is 91.9 Å². The molecule has 1 nitrogen and oxygen atoms in total. The fraction of sp³-hybridized carbons (Fsp3) is 0.682. The molecule has 1 rings (SSSR count). The summed E-state index contributed by atoms with van der Waals surface area (Å²) < 4.78 is 0. The van der Waals surface area contributed by atoms with Gasteiger partial charge >= 0.3 is 0 Å². The van der Waals surface area contributed by atoms with Gasteiger partial charge in [-0.1, -0.05) is 84.6 Å². The zero-order valence-corrected chi connectivity index (χ0v) is 16.0. The molecule has 1 heteroatoms. The molecule has 0 N–H and O–H groups in total. The Balaban J connectivity index is 2.74. The Morgan fingerprint density at radius 2 is 1.48 bits per heavy atom. The summed E-state index contributed by atoms with van der Waals surface area (Å²) in [5.41, 5.74) is 2.41. The van der Waals surface area contributed by atoms with Crippen LogP contribution in [0.1, 0.15) is 96.6 Å². The lowest BCUT2D eigenvalue weighted by Crippen LogP contribution is -2.25. The number of benzene rings is 1. The van der Waals surface area contributed by atoms with Crippen molar-refractivity contribution in [3.8, 4) is 0 Å². The molecule has 0 aromatic heterocycles. The summed E-state index contributed by atoms with van der Waals surface area (Å²) in [4.78, 5) is 12.4. The van der Waals surface area contributed by atoms with Crippen molar-refractivity contribution in [2.24, 2.45) is 5.41 Å². The fourth-order valence-corrected chi connectivity index (χ4v) is 2.91. The molecule has 0 unspecified atom stereocenters. The second kappa shape index (κ2) is 9.90. The molecule has 0 radical (unpaired) electrons. The van der Waals surface area contributed by atoms with Gasteiger partial charge in [-0.2, -0.15) is 0 Å². The number of hydrogen-bond donors (Lipinski definition) is 0. The fourth-order valence-electron chi connectivity index (χ4n) is 2.91. The third kappa shape index (κ3) is 6.49. The van der Waals surface area contributed by atoms with E-state index in [-0.39, 0.29) is 5.41 Å². The lowest BCUT2D eigenvalue weighted by molar-refractivity contribution is -0.126. The quantitative estimate of drug-likeness (QED) is 0.444. The van der Waals surface area contributed by atoms with Gasteiger partial charge in [0.05, 0.1) is 0 Å². The van der Waals surface area contributed by atoms with Crippen molar-refractivity contribution in [3.63, 3.8) is 0 Å². The lowest BCUT2D eigenvalue weighted by atomic mass is 9.82. The largest absolute Gasteiger partial charge is 0.299 e. The maximum absolute atomic E-state index is 12.4. The normalized spacial score (nSPS) is 11.9. The SMILES string of the molecule is CCCCC(CCCC)c1ccc(CC(=O)C(C)(C)CC)cc1. The van der Waals surface area contributed by atoms with Crippen LogP contribution in [0, 0.1) is 5.41 Å². The molecule has 1 aromatic rings. The maximum atomic E-state index is 12.4. The average molecular weight is 317 g/mol.